The molecule has 1 aliphatic rings. The molecule has 1 aromatic heterocycles. The highest BCUT2D eigenvalue weighted by Gasteiger charge is 2.21. The lowest BCUT2D eigenvalue weighted by atomic mass is 10.2. The fourth-order valence-electron chi connectivity index (χ4n) is 1.91. The summed E-state index contributed by atoms with van der Waals surface area (Å²) in [6.07, 6.45) is 2.84. The molecule has 0 bridgehead atoms. The Bertz CT molecular complexity index is 376. The van der Waals surface area contributed by atoms with E-state index in [4.69, 9.17) is 5.26 Å². The fraction of sp³-hybridized carbons (Fsp3) is 0.455. The van der Waals surface area contributed by atoms with Gasteiger partial charge in [-0.2, -0.15) is 5.26 Å². The lowest BCUT2D eigenvalue weighted by molar-refractivity contribution is 0.677. The van der Waals surface area contributed by atoms with Gasteiger partial charge in [-0.25, -0.2) is 4.98 Å². The van der Waals surface area contributed by atoms with Crippen molar-refractivity contribution in [2.24, 2.45) is 0 Å². The summed E-state index contributed by atoms with van der Waals surface area (Å²) in [6, 6.07) is 6.23. The van der Waals surface area contributed by atoms with Gasteiger partial charge < -0.3 is 10.2 Å². The third-order valence-electron chi connectivity index (χ3n) is 2.82. The summed E-state index contributed by atoms with van der Waals surface area (Å²) in [6.45, 7) is 2.02. The number of anilines is 1. The Morgan fingerprint density at radius 2 is 2.53 bits per heavy atom. The van der Waals surface area contributed by atoms with E-state index in [0.717, 1.165) is 25.3 Å². The molecule has 4 heteroatoms. The number of hydrogen-bond donors (Lipinski definition) is 1. The lowest BCUT2D eigenvalue weighted by Gasteiger charge is -2.25. The Morgan fingerprint density at radius 3 is 3.20 bits per heavy atom. The van der Waals surface area contributed by atoms with Crippen LogP contribution in [-0.4, -0.2) is 31.2 Å². The van der Waals surface area contributed by atoms with Crippen LogP contribution in [0.2, 0.25) is 0 Å². The zero-order chi connectivity index (χ0) is 10.7. The zero-order valence-electron chi connectivity index (χ0n) is 8.77. The Hall–Kier alpha value is -1.60. The molecule has 0 unspecified atom stereocenters. The fourth-order valence-corrected chi connectivity index (χ4v) is 1.91. The first kappa shape index (κ1) is 9.94. The van der Waals surface area contributed by atoms with Gasteiger partial charge in [0.25, 0.3) is 0 Å². The van der Waals surface area contributed by atoms with Gasteiger partial charge >= 0.3 is 0 Å². The first-order valence-electron chi connectivity index (χ1n) is 5.11. The van der Waals surface area contributed by atoms with E-state index in [2.05, 4.69) is 21.3 Å². The van der Waals surface area contributed by atoms with Crippen molar-refractivity contribution in [2.75, 3.05) is 25.0 Å². The molecule has 2 rings (SSSR count). The number of hydrogen-bond acceptors (Lipinski definition) is 4. The molecule has 1 aromatic rings. The van der Waals surface area contributed by atoms with Gasteiger partial charge in [-0.3, -0.25) is 0 Å². The summed E-state index contributed by atoms with van der Waals surface area (Å²) < 4.78 is 0. The minimum atomic E-state index is 0.451. The Morgan fingerprint density at radius 1 is 1.67 bits per heavy atom. The highest BCUT2D eigenvalue weighted by molar-refractivity contribution is 5.53. The second-order valence-electron chi connectivity index (χ2n) is 3.74. The monoisotopic (exact) mass is 202 g/mol. The second-order valence-corrected chi connectivity index (χ2v) is 3.74. The summed E-state index contributed by atoms with van der Waals surface area (Å²) in [5.74, 6) is 0.786. The van der Waals surface area contributed by atoms with Gasteiger partial charge in [-0.1, -0.05) is 0 Å². The molecule has 15 heavy (non-hydrogen) atoms. The highest BCUT2D eigenvalue weighted by Crippen LogP contribution is 2.19. The van der Waals surface area contributed by atoms with Crippen LogP contribution in [0.1, 0.15) is 12.0 Å². The first-order chi connectivity index (χ1) is 7.33. The molecule has 4 nitrogen and oxygen atoms in total. The molecule has 78 valence electrons. The lowest BCUT2D eigenvalue weighted by Crippen LogP contribution is -2.34. The molecule has 1 fully saturated rings. The first-order valence-corrected chi connectivity index (χ1v) is 5.11. The predicted molar refractivity (Wildman–Crippen MR) is 58.6 cm³/mol. The van der Waals surface area contributed by atoms with Crippen molar-refractivity contribution < 1.29 is 0 Å². The van der Waals surface area contributed by atoms with Crippen molar-refractivity contribution in [3.05, 3.63) is 23.9 Å². The van der Waals surface area contributed by atoms with E-state index in [1.807, 2.05) is 7.05 Å². The molecular weight excluding hydrogens is 188 g/mol. The number of nitriles is 1. The number of rotatable bonds is 2. The van der Waals surface area contributed by atoms with Crippen molar-refractivity contribution in [3.63, 3.8) is 0 Å². The van der Waals surface area contributed by atoms with Crippen LogP contribution in [0.4, 0.5) is 5.82 Å². The van der Waals surface area contributed by atoms with Crippen molar-refractivity contribution in [2.45, 2.75) is 12.5 Å². The molecular formula is C11H14N4. The van der Waals surface area contributed by atoms with Crippen molar-refractivity contribution >= 4 is 5.82 Å². The van der Waals surface area contributed by atoms with Crippen LogP contribution in [0, 0.1) is 11.3 Å². The minimum Gasteiger partial charge on any atom is -0.354 e. The normalized spacial score (nSPS) is 19.9. The van der Waals surface area contributed by atoms with Crippen molar-refractivity contribution in [3.8, 4) is 6.07 Å². The van der Waals surface area contributed by atoms with Gasteiger partial charge in [-0.15, -0.1) is 0 Å². The van der Waals surface area contributed by atoms with Crippen LogP contribution in [0.25, 0.3) is 0 Å². The van der Waals surface area contributed by atoms with Crippen molar-refractivity contribution in [1.29, 1.82) is 5.26 Å². The van der Waals surface area contributed by atoms with Crippen LogP contribution in [0.3, 0.4) is 0 Å². The number of nitrogens with one attached hydrogen (secondary N) is 1. The molecule has 0 amide bonds. The van der Waals surface area contributed by atoms with E-state index in [0.29, 0.717) is 11.6 Å². The molecule has 0 aliphatic carbocycles. The maximum absolute atomic E-state index is 8.98. The summed E-state index contributed by atoms with van der Waals surface area (Å²) in [5.41, 5.74) is 0.645. The maximum atomic E-state index is 8.98. The van der Waals surface area contributed by atoms with E-state index < -0.39 is 0 Å². The minimum absolute atomic E-state index is 0.451. The zero-order valence-corrected chi connectivity index (χ0v) is 8.77. The molecule has 2 heterocycles. The molecule has 1 saturated heterocycles. The summed E-state index contributed by atoms with van der Waals surface area (Å²) in [4.78, 5) is 6.37. The summed E-state index contributed by atoms with van der Waals surface area (Å²) >= 11 is 0. The largest absolute Gasteiger partial charge is 0.354 e. The highest BCUT2D eigenvalue weighted by atomic mass is 15.2. The second kappa shape index (κ2) is 4.28. The standard InChI is InChI=1S/C11H14N4/c1-15(10-4-6-13-8-10)11-9(7-12)3-2-5-14-11/h2-3,5,10,13H,4,6,8H2,1H3/t10-/m1/s1. The van der Waals surface area contributed by atoms with Crippen LogP contribution >= 0.6 is 0 Å². The van der Waals surface area contributed by atoms with Crippen LogP contribution in [-0.2, 0) is 0 Å². The summed E-state index contributed by atoms with van der Waals surface area (Å²) in [7, 11) is 2.00. The van der Waals surface area contributed by atoms with Gasteiger partial charge in [0, 0.05) is 25.8 Å². The average Bonchev–Trinajstić information content (AvgIpc) is 2.81. The Kier molecular flexibility index (Phi) is 2.84. The molecule has 0 radical (unpaired) electrons. The van der Waals surface area contributed by atoms with Gasteiger partial charge in [0.1, 0.15) is 11.9 Å². The molecule has 1 atom stereocenters. The van der Waals surface area contributed by atoms with Gasteiger partial charge in [0.2, 0.25) is 0 Å². The van der Waals surface area contributed by atoms with Gasteiger partial charge in [0.05, 0.1) is 5.56 Å². The number of likely N-dealkylation sites (N-methyl/N-ethyl adjacent to an activating group) is 1. The van der Waals surface area contributed by atoms with E-state index in [1.54, 1.807) is 18.3 Å². The van der Waals surface area contributed by atoms with Crippen molar-refractivity contribution in [1.82, 2.24) is 10.3 Å². The van der Waals surface area contributed by atoms with E-state index in [1.165, 1.54) is 0 Å². The quantitative estimate of drug-likeness (QED) is 0.769. The van der Waals surface area contributed by atoms with Crippen LogP contribution < -0.4 is 10.2 Å². The van der Waals surface area contributed by atoms with E-state index in [9.17, 15) is 0 Å². The molecule has 0 spiro atoms. The number of nitrogens with zero attached hydrogens (tertiary/aromatic N) is 3. The smallest absolute Gasteiger partial charge is 0.146 e. The predicted octanol–water partition coefficient (Wildman–Crippen LogP) is 0.751. The maximum Gasteiger partial charge on any atom is 0.146 e. The van der Waals surface area contributed by atoms with Gasteiger partial charge in [-0.05, 0) is 25.1 Å². The number of aromatic nitrogens is 1. The third-order valence-corrected chi connectivity index (χ3v) is 2.82. The van der Waals surface area contributed by atoms with Gasteiger partial charge in [0.15, 0.2) is 0 Å². The molecule has 1 aliphatic heterocycles. The Labute approximate surface area is 89.5 Å². The van der Waals surface area contributed by atoms with E-state index in [-0.39, 0.29) is 0 Å². The summed E-state index contributed by atoms with van der Waals surface area (Å²) in [5, 5.41) is 12.3. The Balaban J connectivity index is 2.24. The van der Waals surface area contributed by atoms with E-state index >= 15 is 0 Å². The SMILES string of the molecule is CN(c1ncccc1C#N)[C@@H]1CCNC1. The topological polar surface area (TPSA) is 52.0 Å². The third kappa shape index (κ3) is 1.92. The molecule has 1 N–H and O–H groups in total. The molecule has 0 saturated carbocycles. The molecule has 0 aromatic carbocycles. The average molecular weight is 202 g/mol. The van der Waals surface area contributed by atoms with Crippen LogP contribution in [0.15, 0.2) is 18.3 Å². The van der Waals surface area contributed by atoms with Crippen LogP contribution in [0.5, 0.6) is 0 Å². The number of pyridine rings is 1.